The molecule has 0 radical (unpaired) electrons. The maximum Gasteiger partial charge on any atom is 0.205 e. The highest BCUT2D eigenvalue weighted by molar-refractivity contribution is 5.81. The molecule has 2 aliphatic rings. The minimum absolute atomic E-state index is 0.0384. The number of nitrogens with zero attached hydrogens (tertiary/aromatic N) is 1. The third-order valence-corrected chi connectivity index (χ3v) is 3.23. The highest BCUT2D eigenvalue weighted by Gasteiger charge is 2.19. The lowest BCUT2D eigenvalue weighted by molar-refractivity contribution is 0.282. The lowest BCUT2D eigenvalue weighted by Crippen LogP contribution is -2.14. The average Bonchev–Trinajstić information content (AvgIpc) is 2.46. The molecule has 0 amide bonds. The molecule has 1 heterocycles. The van der Waals surface area contributed by atoms with Gasteiger partial charge in [0.05, 0.1) is 18.9 Å². The third-order valence-electron chi connectivity index (χ3n) is 3.23. The Balaban J connectivity index is 2.49. The van der Waals surface area contributed by atoms with Gasteiger partial charge < -0.3 is 20.4 Å². The van der Waals surface area contributed by atoms with Gasteiger partial charge in [0.15, 0.2) is 11.3 Å². The van der Waals surface area contributed by atoms with Gasteiger partial charge in [-0.1, -0.05) is 12.1 Å². The van der Waals surface area contributed by atoms with Crippen molar-refractivity contribution in [1.29, 1.82) is 0 Å². The molecule has 0 atom stereocenters. The van der Waals surface area contributed by atoms with Crippen molar-refractivity contribution in [2.24, 2.45) is 0 Å². The summed E-state index contributed by atoms with van der Waals surface area (Å²) in [6.45, 7) is -0.595. The van der Waals surface area contributed by atoms with Crippen LogP contribution in [0, 0.1) is 0 Å². The number of anilines is 1. The number of benzene rings is 2. The van der Waals surface area contributed by atoms with E-state index in [9.17, 15) is 15.0 Å². The van der Waals surface area contributed by atoms with Crippen molar-refractivity contribution >= 4 is 16.8 Å². The first-order chi connectivity index (χ1) is 9.65. The molecule has 4 N–H and O–H groups in total. The summed E-state index contributed by atoms with van der Waals surface area (Å²) >= 11 is 0. The van der Waals surface area contributed by atoms with Crippen LogP contribution in [0.15, 0.2) is 33.5 Å². The number of hydrogen-bond acceptors (Lipinski definition) is 6. The van der Waals surface area contributed by atoms with Gasteiger partial charge in [0.2, 0.25) is 5.43 Å². The molecule has 0 saturated carbocycles. The Morgan fingerprint density at radius 2 is 2.05 bits per heavy atom. The van der Waals surface area contributed by atoms with Crippen LogP contribution in [-0.2, 0) is 13.2 Å². The number of para-hydroxylation sites is 1. The molecule has 0 fully saturated rings. The smallest absolute Gasteiger partial charge is 0.205 e. The predicted octanol–water partition coefficient (Wildman–Crippen LogP) is 0.860. The van der Waals surface area contributed by atoms with Crippen LogP contribution in [0.4, 0.5) is 5.69 Å². The van der Waals surface area contributed by atoms with Gasteiger partial charge in [-0.2, -0.15) is 0 Å². The topological polar surface area (TPSA) is 110 Å². The van der Waals surface area contributed by atoms with Gasteiger partial charge in [-0.05, 0) is 6.07 Å². The molecule has 0 saturated heterocycles. The first-order valence-electron chi connectivity index (χ1n) is 6.01. The Morgan fingerprint density at radius 3 is 2.75 bits per heavy atom. The summed E-state index contributed by atoms with van der Waals surface area (Å²) in [6.07, 6.45) is 0. The molecule has 20 heavy (non-hydrogen) atoms. The van der Waals surface area contributed by atoms with Crippen molar-refractivity contribution in [3.8, 4) is 11.5 Å². The number of aliphatic hydroxyl groups excluding tert-OH is 2. The van der Waals surface area contributed by atoms with Crippen LogP contribution in [0.5, 0.6) is 0 Å². The fourth-order valence-electron chi connectivity index (χ4n) is 2.19. The van der Waals surface area contributed by atoms with E-state index >= 15 is 0 Å². The van der Waals surface area contributed by atoms with Crippen molar-refractivity contribution in [1.82, 2.24) is 4.98 Å². The van der Waals surface area contributed by atoms with E-state index in [4.69, 9.17) is 10.2 Å². The van der Waals surface area contributed by atoms with Crippen LogP contribution in [0.25, 0.3) is 22.6 Å². The van der Waals surface area contributed by atoms with Crippen LogP contribution in [0.1, 0.15) is 11.1 Å². The Bertz CT molecular complexity index is 825. The number of aliphatic hydroxyl groups is 2. The second-order valence-electron chi connectivity index (χ2n) is 4.41. The maximum atomic E-state index is 11.7. The third kappa shape index (κ3) is 1.74. The highest BCUT2D eigenvalue weighted by atomic mass is 16.3. The lowest BCUT2D eigenvalue weighted by Gasteiger charge is -2.12. The van der Waals surface area contributed by atoms with Crippen LogP contribution in [0.2, 0.25) is 0 Å². The first kappa shape index (κ1) is 12.6. The van der Waals surface area contributed by atoms with Gasteiger partial charge in [0, 0.05) is 17.2 Å². The lowest BCUT2D eigenvalue weighted by atomic mass is 10.1. The number of fused-ring (bicyclic) bond motifs is 2. The molecule has 6 heteroatoms. The summed E-state index contributed by atoms with van der Waals surface area (Å²) in [7, 11) is 0. The quantitative estimate of drug-likeness (QED) is 0.471. The SMILES string of the molecule is Nc1c(CO)c2nc3c(CO)cccc3oc-2cc1=O. The van der Waals surface area contributed by atoms with E-state index in [1.54, 1.807) is 18.2 Å². The largest absolute Gasteiger partial charge is 0.453 e. The monoisotopic (exact) mass is 272 g/mol. The van der Waals surface area contributed by atoms with Gasteiger partial charge in [0.1, 0.15) is 11.2 Å². The Hall–Kier alpha value is -2.44. The molecule has 1 aromatic carbocycles. The zero-order chi connectivity index (χ0) is 14.3. The number of nitrogen functional groups attached to an aromatic ring is 1. The minimum Gasteiger partial charge on any atom is -0.453 e. The molecule has 0 spiro atoms. The van der Waals surface area contributed by atoms with Crippen LogP contribution >= 0.6 is 0 Å². The molecule has 0 aromatic heterocycles. The molecule has 102 valence electrons. The molecule has 6 nitrogen and oxygen atoms in total. The highest BCUT2D eigenvalue weighted by Crippen LogP contribution is 2.30. The molecular weight excluding hydrogens is 260 g/mol. The second-order valence-corrected chi connectivity index (χ2v) is 4.41. The zero-order valence-electron chi connectivity index (χ0n) is 10.5. The summed E-state index contributed by atoms with van der Waals surface area (Å²) in [6, 6.07) is 6.40. The molecule has 0 unspecified atom stereocenters. The van der Waals surface area contributed by atoms with Crippen LogP contribution in [0.3, 0.4) is 0 Å². The number of nitrogens with two attached hydrogens (primary N) is 1. The minimum atomic E-state index is -0.412. The van der Waals surface area contributed by atoms with Gasteiger partial charge in [-0.15, -0.1) is 0 Å². The molecular formula is C14H12N2O4. The van der Waals surface area contributed by atoms with Crippen molar-refractivity contribution < 1.29 is 14.6 Å². The maximum absolute atomic E-state index is 11.7. The van der Waals surface area contributed by atoms with E-state index in [0.29, 0.717) is 22.4 Å². The molecule has 0 bridgehead atoms. The van der Waals surface area contributed by atoms with Crippen LogP contribution in [-0.4, -0.2) is 15.2 Å². The molecule has 1 aromatic rings. The fourth-order valence-corrected chi connectivity index (χ4v) is 2.19. The number of aromatic nitrogens is 1. The van der Waals surface area contributed by atoms with Crippen molar-refractivity contribution in [3.63, 3.8) is 0 Å². The normalized spacial score (nSPS) is 11.3. The van der Waals surface area contributed by atoms with E-state index in [2.05, 4.69) is 4.98 Å². The molecule has 1 aliphatic carbocycles. The van der Waals surface area contributed by atoms with E-state index in [1.165, 1.54) is 6.07 Å². The molecule has 3 rings (SSSR count). The van der Waals surface area contributed by atoms with Gasteiger partial charge in [-0.25, -0.2) is 4.98 Å². The van der Waals surface area contributed by atoms with Gasteiger partial charge in [-0.3, -0.25) is 4.79 Å². The zero-order valence-corrected chi connectivity index (χ0v) is 10.5. The summed E-state index contributed by atoms with van der Waals surface area (Å²) < 4.78 is 5.63. The summed E-state index contributed by atoms with van der Waals surface area (Å²) in [5, 5.41) is 18.7. The van der Waals surface area contributed by atoms with E-state index < -0.39 is 12.0 Å². The second kappa shape index (κ2) is 4.59. The average molecular weight is 272 g/mol. The van der Waals surface area contributed by atoms with E-state index in [0.717, 1.165) is 0 Å². The summed E-state index contributed by atoms with van der Waals surface area (Å²) in [5.74, 6) is 0.260. The standard InChI is InChI=1S/C14H12N2O4/c15-12-8(6-18)14-11(4-9(12)19)20-10-3-1-2-7(5-17)13(10)16-14/h1-4,17-18H,5-6,15H2. The number of hydrogen-bond donors (Lipinski definition) is 3. The Labute approximate surface area is 113 Å². The van der Waals surface area contributed by atoms with E-state index in [1.807, 2.05) is 0 Å². The Kier molecular flexibility index (Phi) is 2.89. The predicted molar refractivity (Wildman–Crippen MR) is 73.2 cm³/mol. The van der Waals surface area contributed by atoms with Crippen molar-refractivity contribution in [3.05, 3.63) is 45.6 Å². The van der Waals surface area contributed by atoms with Gasteiger partial charge >= 0.3 is 0 Å². The Morgan fingerprint density at radius 1 is 1.25 bits per heavy atom. The first-order valence-corrected chi connectivity index (χ1v) is 6.01. The van der Waals surface area contributed by atoms with Crippen LogP contribution < -0.4 is 11.2 Å². The summed E-state index contributed by atoms with van der Waals surface area (Å²) in [5.41, 5.74) is 7.33. The van der Waals surface area contributed by atoms with Crippen molar-refractivity contribution in [2.45, 2.75) is 13.2 Å². The summed E-state index contributed by atoms with van der Waals surface area (Å²) in [4.78, 5) is 16.1. The van der Waals surface area contributed by atoms with E-state index in [-0.39, 0.29) is 23.6 Å². The number of rotatable bonds is 2. The fraction of sp³-hybridized carbons (Fsp3) is 0.143. The van der Waals surface area contributed by atoms with Gasteiger partial charge in [0.25, 0.3) is 0 Å². The molecule has 1 aliphatic heterocycles. The van der Waals surface area contributed by atoms with Crippen molar-refractivity contribution in [2.75, 3.05) is 5.73 Å².